The van der Waals surface area contributed by atoms with Gasteiger partial charge in [-0.25, -0.2) is 4.39 Å². The number of benzene rings is 1. The Hall–Kier alpha value is -1.42. The molecule has 0 heterocycles. The number of methoxy groups -OCH3 is 1. The van der Waals surface area contributed by atoms with Crippen LogP contribution in [0.2, 0.25) is 0 Å². The lowest BCUT2D eigenvalue weighted by molar-refractivity contribution is 0.112. The zero-order chi connectivity index (χ0) is 11.1. The van der Waals surface area contributed by atoms with Crippen LogP contribution in [0.1, 0.15) is 16.8 Å². The molecule has 3 nitrogen and oxygen atoms in total. The summed E-state index contributed by atoms with van der Waals surface area (Å²) in [5.74, 6) is -0.353. The summed E-state index contributed by atoms with van der Waals surface area (Å²) in [6, 6.07) is 4.12. The standard InChI is InChI=1S/C11H13FO3/c1-14-5-2-6-15-11-4-3-9(8-13)7-10(11)12/h3-4,7-8H,2,5-6H2,1H3. The summed E-state index contributed by atoms with van der Waals surface area (Å²) in [7, 11) is 1.60. The summed E-state index contributed by atoms with van der Waals surface area (Å²) >= 11 is 0. The van der Waals surface area contributed by atoms with Crippen LogP contribution in [0.15, 0.2) is 18.2 Å². The fraction of sp³-hybridized carbons (Fsp3) is 0.364. The normalized spacial score (nSPS) is 10.0. The Labute approximate surface area is 87.8 Å². The van der Waals surface area contributed by atoms with E-state index < -0.39 is 5.82 Å². The first kappa shape index (κ1) is 11.7. The highest BCUT2D eigenvalue weighted by Crippen LogP contribution is 2.17. The van der Waals surface area contributed by atoms with E-state index in [9.17, 15) is 9.18 Å². The second-order valence-electron chi connectivity index (χ2n) is 3.00. The number of halogens is 1. The Morgan fingerprint density at radius 3 is 2.80 bits per heavy atom. The smallest absolute Gasteiger partial charge is 0.165 e. The van der Waals surface area contributed by atoms with Crippen LogP contribution < -0.4 is 4.74 Å². The largest absolute Gasteiger partial charge is 0.490 e. The van der Waals surface area contributed by atoms with Crippen LogP contribution in [0.4, 0.5) is 4.39 Å². The van der Waals surface area contributed by atoms with Crippen LogP contribution in [0.5, 0.6) is 5.75 Å². The Balaban J connectivity index is 2.50. The SMILES string of the molecule is COCCCOc1ccc(C=O)cc1F. The Morgan fingerprint density at radius 2 is 2.20 bits per heavy atom. The van der Waals surface area contributed by atoms with Gasteiger partial charge in [-0.1, -0.05) is 0 Å². The highest BCUT2D eigenvalue weighted by molar-refractivity contribution is 5.74. The second kappa shape index (κ2) is 6.14. The predicted molar refractivity (Wildman–Crippen MR) is 53.8 cm³/mol. The lowest BCUT2D eigenvalue weighted by Crippen LogP contribution is -2.02. The van der Waals surface area contributed by atoms with Crippen molar-refractivity contribution < 1.29 is 18.7 Å². The Bertz CT molecular complexity index is 326. The Morgan fingerprint density at radius 1 is 1.40 bits per heavy atom. The quantitative estimate of drug-likeness (QED) is 0.534. The number of carbonyl (C=O) groups is 1. The molecule has 0 N–H and O–H groups in total. The van der Waals surface area contributed by atoms with Gasteiger partial charge >= 0.3 is 0 Å². The van der Waals surface area contributed by atoms with E-state index in [1.165, 1.54) is 12.1 Å². The van der Waals surface area contributed by atoms with Crippen LogP contribution in [0.3, 0.4) is 0 Å². The topological polar surface area (TPSA) is 35.5 Å². The first-order valence-electron chi connectivity index (χ1n) is 4.64. The van der Waals surface area contributed by atoms with E-state index in [1.54, 1.807) is 7.11 Å². The zero-order valence-electron chi connectivity index (χ0n) is 8.53. The van der Waals surface area contributed by atoms with E-state index >= 15 is 0 Å². The van der Waals surface area contributed by atoms with E-state index in [-0.39, 0.29) is 5.75 Å². The van der Waals surface area contributed by atoms with Crippen molar-refractivity contribution in [1.29, 1.82) is 0 Å². The minimum atomic E-state index is -0.517. The van der Waals surface area contributed by atoms with Gasteiger partial charge in [0.05, 0.1) is 6.61 Å². The molecular formula is C11H13FO3. The van der Waals surface area contributed by atoms with Gasteiger partial charge in [0.25, 0.3) is 0 Å². The van der Waals surface area contributed by atoms with Crippen molar-refractivity contribution in [2.75, 3.05) is 20.3 Å². The molecule has 0 amide bonds. The molecule has 0 aromatic heterocycles. The maximum absolute atomic E-state index is 13.2. The maximum Gasteiger partial charge on any atom is 0.165 e. The van der Waals surface area contributed by atoms with Crippen LogP contribution in [-0.2, 0) is 4.74 Å². The van der Waals surface area contributed by atoms with Crippen molar-refractivity contribution in [3.8, 4) is 5.75 Å². The fourth-order valence-corrected chi connectivity index (χ4v) is 1.09. The minimum absolute atomic E-state index is 0.164. The summed E-state index contributed by atoms with van der Waals surface area (Å²) in [4.78, 5) is 10.3. The van der Waals surface area contributed by atoms with Crippen LogP contribution >= 0.6 is 0 Å². The maximum atomic E-state index is 13.2. The molecule has 0 aliphatic carbocycles. The highest BCUT2D eigenvalue weighted by atomic mass is 19.1. The van der Waals surface area contributed by atoms with Gasteiger partial charge in [0.15, 0.2) is 11.6 Å². The molecule has 1 rings (SSSR count). The van der Waals surface area contributed by atoms with Crippen molar-refractivity contribution >= 4 is 6.29 Å². The number of aldehydes is 1. The van der Waals surface area contributed by atoms with Gasteiger partial charge in [-0.3, -0.25) is 4.79 Å². The third-order valence-corrected chi connectivity index (χ3v) is 1.84. The molecule has 0 saturated heterocycles. The molecule has 0 atom stereocenters. The zero-order valence-corrected chi connectivity index (χ0v) is 8.53. The molecule has 0 spiro atoms. The van der Waals surface area contributed by atoms with Crippen molar-refractivity contribution in [3.63, 3.8) is 0 Å². The number of carbonyl (C=O) groups excluding carboxylic acids is 1. The molecule has 0 aliphatic heterocycles. The second-order valence-corrected chi connectivity index (χ2v) is 3.00. The van der Waals surface area contributed by atoms with Gasteiger partial charge < -0.3 is 9.47 Å². The third kappa shape index (κ3) is 3.67. The van der Waals surface area contributed by atoms with E-state index in [0.29, 0.717) is 31.5 Å². The number of rotatable bonds is 6. The van der Waals surface area contributed by atoms with Gasteiger partial charge in [0.1, 0.15) is 6.29 Å². The molecule has 0 saturated carbocycles. The fourth-order valence-electron chi connectivity index (χ4n) is 1.09. The van der Waals surface area contributed by atoms with Crippen LogP contribution in [0.25, 0.3) is 0 Å². The summed E-state index contributed by atoms with van der Waals surface area (Å²) in [6.07, 6.45) is 1.29. The molecule has 0 unspecified atom stereocenters. The number of hydrogen-bond donors (Lipinski definition) is 0. The average Bonchev–Trinajstić information content (AvgIpc) is 2.26. The summed E-state index contributed by atoms with van der Waals surface area (Å²) in [6.45, 7) is 0.971. The lowest BCUT2D eigenvalue weighted by atomic mass is 10.2. The van der Waals surface area contributed by atoms with Crippen LogP contribution in [0, 0.1) is 5.82 Å². The first-order valence-corrected chi connectivity index (χ1v) is 4.64. The van der Waals surface area contributed by atoms with Gasteiger partial charge in [-0.05, 0) is 18.2 Å². The minimum Gasteiger partial charge on any atom is -0.490 e. The van der Waals surface area contributed by atoms with E-state index in [0.717, 1.165) is 6.07 Å². The van der Waals surface area contributed by atoms with Gasteiger partial charge in [-0.15, -0.1) is 0 Å². The molecular weight excluding hydrogens is 199 g/mol. The van der Waals surface area contributed by atoms with Gasteiger partial charge in [0.2, 0.25) is 0 Å². The van der Waals surface area contributed by atoms with E-state index in [2.05, 4.69) is 0 Å². The summed E-state index contributed by atoms with van der Waals surface area (Å²) < 4.78 is 23.2. The van der Waals surface area contributed by atoms with Crippen LogP contribution in [-0.4, -0.2) is 26.6 Å². The molecule has 82 valence electrons. The molecule has 0 fully saturated rings. The number of hydrogen-bond acceptors (Lipinski definition) is 3. The van der Waals surface area contributed by atoms with Crippen molar-refractivity contribution in [1.82, 2.24) is 0 Å². The average molecular weight is 212 g/mol. The lowest BCUT2D eigenvalue weighted by Gasteiger charge is -2.06. The first-order chi connectivity index (χ1) is 7.27. The Kier molecular flexibility index (Phi) is 4.77. The molecule has 15 heavy (non-hydrogen) atoms. The van der Waals surface area contributed by atoms with Gasteiger partial charge in [0, 0.05) is 25.7 Å². The highest BCUT2D eigenvalue weighted by Gasteiger charge is 2.03. The molecule has 1 aromatic carbocycles. The predicted octanol–water partition coefficient (Wildman–Crippen LogP) is 2.05. The molecule has 1 aromatic rings. The third-order valence-electron chi connectivity index (χ3n) is 1.84. The summed E-state index contributed by atoms with van der Waals surface area (Å²) in [5, 5.41) is 0. The molecule has 4 heteroatoms. The van der Waals surface area contributed by atoms with E-state index in [1.807, 2.05) is 0 Å². The van der Waals surface area contributed by atoms with Crippen molar-refractivity contribution in [2.24, 2.45) is 0 Å². The van der Waals surface area contributed by atoms with E-state index in [4.69, 9.17) is 9.47 Å². The number of ether oxygens (including phenoxy) is 2. The molecule has 0 aliphatic rings. The molecule has 0 bridgehead atoms. The van der Waals surface area contributed by atoms with Crippen molar-refractivity contribution in [3.05, 3.63) is 29.6 Å². The van der Waals surface area contributed by atoms with Gasteiger partial charge in [-0.2, -0.15) is 0 Å². The summed E-state index contributed by atoms with van der Waals surface area (Å²) in [5.41, 5.74) is 0.303. The van der Waals surface area contributed by atoms with Crippen molar-refractivity contribution in [2.45, 2.75) is 6.42 Å². The monoisotopic (exact) mass is 212 g/mol. The molecule has 0 radical (unpaired) electrons.